The maximum atomic E-state index is 13.3. The summed E-state index contributed by atoms with van der Waals surface area (Å²) in [5, 5.41) is 3.93. The molecule has 0 aliphatic carbocycles. The quantitative estimate of drug-likeness (QED) is 0.554. The molecule has 0 saturated heterocycles. The van der Waals surface area contributed by atoms with Crippen LogP contribution < -0.4 is 10.1 Å². The summed E-state index contributed by atoms with van der Waals surface area (Å²) >= 11 is 0. The van der Waals surface area contributed by atoms with Crippen LogP contribution in [0.3, 0.4) is 0 Å². The van der Waals surface area contributed by atoms with Crippen molar-refractivity contribution in [1.29, 1.82) is 0 Å². The highest BCUT2D eigenvalue weighted by Gasteiger charge is 2.07. The standard InChI is InChI=1S/C21H17FN4O/c1-14-9-16-12-24-21(25-18-4-2-3-17(22)10-18)26-19(16)11-20(14)27-13-15-5-7-23-8-6-15/h2-12H,13H2,1H3,(H,24,25,26). The Balaban J connectivity index is 1.59. The molecule has 0 atom stereocenters. The molecule has 1 N–H and O–H groups in total. The lowest BCUT2D eigenvalue weighted by Crippen LogP contribution is -2.00. The van der Waals surface area contributed by atoms with E-state index in [2.05, 4.69) is 20.3 Å². The Morgan fingerprint density at radius 3 is 2.74 bits per heavy atom. The number of nitrogens with one attached hydrogen (secondary N) is 1. The van der Waals surface area contributed by atoms with Crippen LogP contribution in [-0.2, 0) is 6.61 Å². The molecule has 0 spiro atoms. The molecule has 134 valence electrons. The van der Waals surface area contributed by atoms with Gasteiger partial charge in [-0.15, -0.1) is 0 Å². The van der Waals surface area contributed by atoms with Gasteiger partial charge in [-0.25, -0.2) is 14.4 Å². The third-order valence-electron chi connectivity index (χ3n) is 4.10. The maximum absolute atomic E-state index is 13.3. The number of nitrogens with zero attached hydrogens (tertiary/aromatic N) is 3. The molecule has 2 aromatic carbocycles. The van der Waals surface area contributed by atoms with Gasteiger partial charge in [0.1, 0.15) is 18.2 Å². The van der Waals surface area contributed by atoms with Gasteiger partial charge in [-0.3, -0.25) is 4.98 Å². The fraction of sp³-hybridized carbons (Fsp3) is 0.0952. The molecular weight excluding hydrogens is 343 g/mol. The van der Waals surface area contributed by atoms with E-state index in [9.17, 15) is 4.39 Å². The number of benzene rings is 2. The highest BCUT2D eigenvalue weighted by atomic mass is 19.1. The molecule has 0 fully saturated rings. The smallest absolute Gasteiger partial charge is 0.227 e. The first-order chi connectivity index (χ1) is 13.2. The van der Waals surface area contributed by atoms with Crippen molar-refractivity contribution in [3.63, 3.8) is 0 Å². The lowest BCUT2D eigenvalue weighted by atomic mass is 10.1. The molecule has 0 amide bonds. The third-order valence-corrected chi connectivity index (χ3v) is 4.10. The zero-order chi connectivity index (χ0) is 18.6. The van der Waals surface area contributed by atoms with Gasteiger partial charge in [-0.1, -0.05) is 6.07 Å². The molecule has 27 heavy (non-hydrogen) atoms. The fourth-order valence-electron chi connectivity index (χ4n) is 2.72. The second kappa shape index (κ2) is 7.37. The van der Waals surface area contributed by atoms with E-state index in [4.69, 9.17) is 4.74 Å². The molecular formula is C21H17FN4O. The van der Waals surface area contributed by atoms with Gasteiger partial charge in [-0.2, -0.15) is 0 Å². The van der Waals surface area contributed by atoms with Crippen molar-refractivity contribution >= 4 is 22.5 Å². The molecule has 4 aromatic rings. The van der Waals surface area contributed by atoms with E-state index < -0.39 is 0 Å². The first-order valence-electron chi connectivity index (χ1n) is 8.49. The minimum absolute atomic E-state index is 0.316. The summed E-state index contributed by atoms with van der Waals surface area (Å²) in [5.74, 6) is 0.843. The number of aromatic nitrogens is 3. The van der Waals surface area contributed by atoms with Crippen LogP contribution in [0.25, 0.3) is 10.9 Å². The lowest BCUT2D eigenvalue weighted by molar-refractivity contribution is 0.304. The predicted octanol–water partition coefficient (Wildman–Crippen LogP) is 4.79. The van der Waals surface area contributed by atoms with E-state index in [1.165, 1.54) is 12.1 Å². The summed E-state index contributed by atoms with van der Waals surface area (Å²) in [5.41, 5.74) is 3.39. The molecule has 2 heterocycles. The van der Waals surface area contributed by atoms with Gasteiger partial charge in [0, 0.05) is 35.7 Å². The first kappa shape index (κ1) is 16.9. The van der Waals surface area contributed by atoms with E-state index in [1.807, 2.05) is 31.2 Å². The molecule has 0 bridgehead atoms. The number of pyridine rings is 1. The number of aryl methyl sites for hydroxylation is 1. The Hall–Kier alpha value is -3.54. The van der Waals surface area contributed by atoms with Gasteiger partial charge in [0.15, 0.2) is 0 Å². The van der Waals surface area contributed by atoms with Crippen LogP contribution in [0.15, 0.2) is 67.1 Å². The minimum Gasteiger partial charge on any atom is -0.489 e. The zero-order valence-electron chi connectivity index (χ0n) is 14.7. The van der Waals surface area contributed by atoms with Gasteiger partial charge in [0.05, 0.1) is 5.52 Å². The molecule has 6 heteroatoms. The summed E-state index contributed by atoms with van der Waals surface area (Å²) in [4.78, 5) is 12.8. The van der Waals surface area contributed by atoms with Crippen molar-refractivity contribution in [3.8, 4) is 5.75 Å². The number of ether oxygens (including phenoxy) is 1. The Bertz CT molecular complexity index is 1090. The zero-order valence-corrected chi connectivity index (χ0v) is 14.7. The minimum atomic E-state index is -0.316. The van der Waals surface area contributed by atoms with E-state index in [-0.39, 0.29) is 5.82 Å². The second-order valence-electron chi connectivity index (χ2n) is 6.15. The fourth-order valence-corrected chi connectivity index (χ4v) is 2.72. The average molecular weight is 360 g/mol. The SMILES string of the molecule is Cc1cc2cnc(Nc3cccc(F)c3)nc2cc1OCc1ccncc1. The molecule has 4 rings (SSSR count). The Labute approximate surface area is 155 Å². The number of rotatable bonds is 5. The van der Waals surface area contributed by atoms with Crippen molar-refractivity contribution in [2.75, 3.05) is 5.32 Å². The summed E-state index contributed by atoms with van der Waals surface area (Å²) in [7, 11) is 0. The highest BCUT2D eigenvalue weighted by Crippen LogP contribution is 2.26. The van der Waals surface area contributed by atoms with E-state index in [1.54, 1.807) is 30.7 Å². The topological polar surface area (TPSA) is 59.9 Å². The molecule has 5 nitrogen and oxygen atoms in total. The van der Waals surface area contributed by atoms with Crippen molar-refractivity contribution in [2.45, 2.75) is 13.5 Å². The van der Waals surface area contributed by atoms with Crippen molar-refractivity contribution in [3.05, 3.63) is 84.1 Å². The molecule has 0 aliphatic rings. The molecule has 0 radical (unpaired) electrons. The van der Waals surface area contributed by atoms with Crippen LogP contribution in [-0.4, -0.2) is 15.0 Å². The molecule has 2 aromatic heterocycles. The largest absolute Gasteiger partial charge is 0.489 e. The van der Waals surface area contributed by atoms with Gasteiger partial charge < -0.3 is 10.1 Å². The highest BCUT2D eigenvalue weighted by molar-refractivity contribution is 5.81. The van der Waals surface area contributed by atoms with Gasteiger partial charge in [0.2, 0.25) is 5.95 Å². The van der Waals surface area contributed by atoms with Crippen LogP contribution in [0.4, 0.5) is 16.0 Å². The number of anilines is 2. The van der Waals surface area contributed by atoms with Crippen LogP contribution in [0, 0.1) is 12.7 Å². The summed E-state index contributed by atoms with van der Waals surface area (Å²) in [6.45, 7) is 2.44. The van der Waals surface area contributed by atoms with Crippen LogP contribution >= 0.6 is 0 Å². The lowest BCUT2D eigenvalue weighted by Gasteiger charge is -2.11. The van der Waals surface area contributed by atoms with Crippen molar-refractivity contribution in [2.24, 2.45) is 0 Å². The van der Waals surface area contributed by atoms with Crippen LogP contribution in [0.1, 0.15) is 11.1 Å². The van der Waals surface area contributed by atoms with Crippen molar-refractivity contribution in [1.82, 2.24) is 15.0 Å². The van der Waals surface area contributed by atoms with Gasteiger partial charge in [-0.05, 0) is 54.4 Å². The number of hydrogen-bond donors (Lipinski definition) is 1. The third kappa shape index (κ3) is 4.00. The molecule has 0 saturated carbocycles. The average Bonchev–Trinajstić information content (AvgIpc) is 2.67. The Morgan fingerprint density at radius 2 is 1.93 bits per heavy atom. The summed E-state index contributed by atoms with van der Waals surface area (Å²) in [6, 6.07) is 13.9. The normalized spacial score (nSPS) is 10.7. The van der Waals surface area contributed by atoms with E-state index in [0.29, 0.717) is 18.2 Å². The Morgan fingerprint density at radius 1 is 1.07 bits per heavy atom. The van der Waals surface area contributed by atoms with Crippen LogP contribution in [0.5, 0.6) is 5.75 Å². The van der Waals surface area contributed by atoms with Crippen molar-refractivity contribution < 1.29 is 9.13 Å². The van der Waals surface area contributed by atoms with Gasteiger partial charge in [0.25, 0.3) is 0 Å². The molecule has 0 aliphatic heterocycles. The maximum Gasteiger partial charge on any atom is 0.227 e. The number of fused-ring (bicyclic) bond motifs is 1. The predicted molar refractivity (Wildman–Crippen MR) is 103 cm³/mol. The van der Waals surface area contributed by atoms with Crippen LogP contribution in [0.2, 0.25) is 0 Å². The second-order valence-corrected chi connectivity index (χ2v) is 6.15. The summed E-state index contributed by atoms with van der Waals surface area (Å²) < 4.78 is 19.3. The van der Waals surface area contributed by atoms with E-state index in [0.717, 1.165) is 27.8 Å². The van der Waals surface area contributed by atoms with E-state index >= 15 is 0 Å². The number of hydrogen-bond acceptors (Lipinski definition) is 5. The number of halogens is 1. The Kier molecular flexibility index (Phi) is 4.61. The van der Waals surface area contributed by atoms with Gasteiger partial charge >= 0.3 is 0 Å². The first-order valence-corrected chi connectivity index (χ1v) is 8.49. The summed E-state index contributed by atoms with van der Waals surface area (Å²) in [6.07, 6.45) is 5.22. The monoisotopic (exact) mass is 360 g/mol. The molecule has 0 unspecified atom stereocenters.